The van der Waals surface area contributed by atoms with Crippen LogP contribution >= 0.6 is 0 Å². The smallest absolute Gasteiger partial charge is 0.264 e. The first-order chi connectivity index (χ1) is 21.8. The molecule has 2 bridgehead atoms. The quantitative estimate of drug-likeness (QED) is 0.350. The summed E-state index contributed by atoms with van der Waals surface area (Å²) < 4.78 is 5.75. The molecule has 11 nitrogen and oxygen atoms in total. The summed E-state index contributed by atoms with van der Waals surface area (Å²) in [6, 6.07) is 10.9. The maximum atomic E-state index is 12.3. The molecule has 0 radical (unpaired) electrons. The molecule has 4 fully saturated rings. The van der Waals surface area contributed by atoms with Gasteiger partial charge in [-0.25, -0.2) is 4.98 Å². The summed E-state index contributed by atoms with van der Waals surface area (Å²) in [6.45, 7) is 9.32. The van der Waals surface area contributed by atoms with Gasteiger partial charge in [0.2, 0.25) is 11.9 Å². The molecular formula is C34H38N8O3. The number of benzene rings is 1. The van der Waals surface area contributed by atoms with Crippen LogP contribution in [0.5, 0.6) is 0 Å². The lowest BCUT2D eigenvalue weighted by Crippen LogP contribution is -2.65. The fourth-order valence-electron chi connectivity index (χ4n) is 8.11. The first-order valence-electron chi connectivity index (χ1n) is 15.8. The van der Waals surface area contributed by atoms with Crippen molar-refractivity contribution in [2.75, 3.05) is 50.8 Å². The SMILES string of the molecule is C=CC(=O)N1CCCC2(CN(CC3(c4ccc(-c5cc6cnc(N7C[C@@H]8C[C@H]7CO8)nc6[nH]5)cc4)C=CNC(C(N)=O)=C3)C2)C1. The van der Waals surface area contributed by atoms with Gasteiger partial charge in [-0.05, 0) is 54.8 Å². The number of anilines is 1. The number of aromatic nitrogens is 3. The molecule has 232 valence electrons. The highest BCUT2D eigenvalue weighted by Gasteiger charge is 2.48. The fraction of sp³-hybridized carbons (Fsp3) is 0.412. The number of carbonyl (C=O) groups excluding carboxylic acids is 2. The van der Waals surface area contributed by atoms with Gasteiger partial charge in [0.25, 0.3) is 5.91 Å². The third-order valence-electron chi connectivity index (χ3n) is 10.3. The van der Waals surface area contributed by atoms with Crippen molar-refractivity contribution in [2.24, 2.45) is 11.1 Å². The maximum Gasteiger partial charge on any atom is 0.264 e. The molecule has 45 heavy (non-hydrogen) atoms. The molecule has 7 heterocycles. The Morgan fingerprint density at radius 3 is 2.78 bits per heavy atom. The van der Waals surface area contributed by atoms with Crippen LogP contribution in [0.2, 0.25) is 0 Å². The van der Waals surface area contributed by atoms with Crippen molar-refractivity contribution in [3.05, 3.63) is 78.8 Å². The van der Waals surface area contributed by atoms with Crippen LogP contribution in [-0.4, -0.2) is 94.6 Å². The highest BCUT2D eigenvalue weighted by atomic mass is 16.5. The van der Waals surface area contributed by atoms with E-state index in [1.54, 1.807) is 0 Å². The van der Waals surface area contributed by atoms with E-state index in [1.165, 1.54) is 6.08 Å². The number of aromatic amines is 1. The number of dihydropyridines is 1. The summed E-state index contributed by atoms with van der Waals surface area (Å²) in [5, 5.41) is 3.99. The summed E-state index contributed by atoms with van der Waals surface area (Å²) in [5.74, 6) is 0.272. The van der Waals surface area contributed by atoms with E-state index in [-0.39, 0.29) is 17.4 Å². The number of nitrogens with two attached hydrogens (primary N) is 1. The Morgan fingerprint density at radius 1 is 1.20 bits per heavy atom. The number of likely N-dealkylation sites (tertiary alicyclic amines) is 2. The Hall–Kier alpha value is -4.48. The van der Waals surface area contributed by atoms with Crippen LogP contribution in [0.25, 0.3) is 22.3 Å². The maximum absolute atomic E-state index is 12.3. The van der Waals surface area contributed by atoms with Gasteiger partial charge < -0.3 is 35.5 Å². The number of piperidine rings is 1. The molecule has 5 aliphatic rings. The van der Waals surface area contributed by atoms with Crippen LogP contribution in [0.1, 0.15) is 24.8 Å². The van der Waals surface area contributed by atoms with Crippen molar-refractivity contribution < 1.29 is 14.3 Å². The molecule has 3 aromatic rings. The Bertz CT molecular complexity index is 1740. The number of hydrogen-bond acceptors (Lipinski definition) is 8. The summed E-state index contributed by atoms with van der Waals surface area (Å²) in [4.78, 5) is 44.2. The zero-order chi connectivity index (χ0) is 30.8. The average molecular weight is 607 g/mol. The lowest BCUT2D eigenvalue weighted by atomic mass is 9.70. The molecule has 3 atom stereocenters. The van der Waals surface area contributed by atoms with Crippen molar-refractivity contribution >= 4 is 28.8 Å². The van der Waals surface area contributed by atoms with E-state index >= 15 is 0 Å². The van der Waals surface area contributed by atoms with Crippen LogP contribution < -0.4 is 16.0 Å². The van der Waals surface area contributed by atoms with E-state index in [2.05, 4.69) is 68.1 Å². The van der Waals surface area contributed by atoms with Gasteiger partial charge in [-0.1, -0.05) is 36.9 Å². The second-order valence-electron chi connectivity index (χ2n) is 13.4. The Morgan fingerprint density at radius 2 is 2.04 bits per heavy atom. The topological polar surface area (TPSA) is 133 Å². The van der Waals surface area contributed by atoms with Crippen molar-refractivity contribution in [1.82, 2.24) is 30.1 Å². The van der Waals surface area contributed by atoms with E-state index < -0.39 is 11.3 Å². The van der Waals surface area contributed by atoms with E-state index in [9.17, 15) is 9.59 Å². The fourth-order valence-corrected chi connectivity index (χ4v) is 8.11. The van der Waals surface area contributed by atoms with Gasteiger partial charge in [-0.3, -0.25) is 9.59 Å². The average Bonchev–Trinajstić information content (AvgIpc) is 3.80. The minimum atomic E-state index is -0.541. The van der Waals surface area contributed by atoms with Gasteiger partial charge >= 0.3 is 0 Å². The zero-order valence-electron chi connectivity index (χ0n) is 25.2. The summed E-state index contributed by atoms with van der Waals surface area (Å²) in [7, 11) is 0. The highest BCUT2D eigenvalue weighted by molar-refractivity contribution is 5.92. The lowest BCUT2D eigenvalue weighted by Gasteiger charge is -2.56. The van der Waals surface area contributed by atoms with Crippen molar-refractivity contribution in [2.45, 2.75) is 36.8 Å². The van der Waals surface area contributed by atoms with Gasteiger partial charge in [0, 0.05) is 67.4 Å². The van der Waals surface area contributed by atoms with Crippen molar-refractivity contribution in [3.63, 3.8) is 0 Å². The second-order valence-corrected chi connectivity index (χ2v) is 13.4. The highest BCUT2D eigenvalue weighted by Crippen LogP contribution is 2.42. The van der Waals surface area contributed by atoms with Gasteiger partial charge in [-0.15, -0.1) is 0 Å². The number of amides is 2. The number of ether oxygens (including phenoxy) is 1. The number of nitrogens with zero attached hydrogens (tertiary/aromatic N) is 5. The molecule has 0 aliphatic carbocycles. The molecule has 2 amide bonds. The van der Waals surface area contributed by atoms with Gasteiger partial charge in [0.1, 0.15) is 11.3 Å². The number of primary amides is 1. The van der Waals surface area contributed by atoms with Crippen LogP contribution in [0.3, 0.4) is 0 Å². The second kappa shape index (κ2) is 10.6. The molecule has 1 unspecified atom stereocenters. The third-order valence-corrected chi connectivity index (χ3v) is 10.3. The monoisotopic (exact) mass is 606 g/mol. The molecule has 0 saturated carbocycles. The molecule has 5 aliphatic heterocycles. The van der Waals surface area contributed by atoms with Crippen molar-refractivity contribution in [3.8, 4) is 11.3 Å². The number of fused-ring (bicyclic) bond motifs is 3. The summed E-state index contributed by atoms with van der Waals surface area (Å²) in [5.41, 5.74) is 9.58. The Balaban J connectivity index is 1.04. The summed E-state index contributed by atoms with van der Waals surface area (Å²) >= 11 is 0. The normalized spacial score (nSPS) is 27.0. The molecule has 4 N–H and O–H groups in total. The number of carbonyl (C=O) groups is 2. The van der Waals surface area contributed by atoms with E-state index in [0.29, 0.717) is 18.3 Å². The first kappa shape index (κ1) is 28.0. The third kappa shape index (κ3) is 4.90. The largest absolute Gasteiger partial charge is 0.374 e. The molecule has 1 aromatic carbocycles. The van der Waals surface area contributed by atoms with Gasteiger partial charge in [0.15, 0.2) is 0 Å². The number of H-pyrrole nitrogens is 1. The Kier molecular flexibility index (Phi) is 6.58. The van der Waals surface area contributed by atoms with Gasteiger partial charge in [0.05, 0.1) is 18.8 Å². The summed E-state index contributed by atoms with van der Waals surface area (Å²) in [6.07, 6.45) is 12.6. The molecule has 11 heteroatoms. The minimum absolute atomic E-state index is 0.00959. The standard InChI is InChI=1S/C34H38N8O3/c1-2-29(43)41-11-3-8-33(20-41)18-40(19-33)21-34(9-10-36-28(14-34)30(35)44)24-6-4-22(5-7-24)27-12-23-15-37-32(39-31(23)38-27)42-16-26-13-25(42)17-45-26/h2,4-7,9-10,12,14-15,25-26,36H,1,3,8,11,13,16-21H2,(H2,35,44)(H,37,38,39)/t25-,26-,34?/m0/s1. The van der Waals surface area contributed by atoms with Crippen molar-refractivity contribution in [1.29, 1.82) is 0 Å². The molecule has 1 spiro atoms. The number of morpholine rings is 1. The predicted octanol–water partition coefficient (Wildman–Crippen LogP) is 2.44. The van der Waals surface area contributed by atoms with E-state index in [4.69, 9.17) is 15.5 Å². The molecule has 2 aromatic heterocycles. The van der Waals surface area contributed by atoms with Crippen LogP contribution in [0.4, 0.5) is 5.95 Å². The predicted molar refractivity (Wildman–Crippen MR) is 171 cm³/mol. The van der Waals surface area contributed by atoms with Crippen LogP contribution in [-0.2, 0) is 19.7 Å². The zero-order valence-corrected chi connectivity index (χ0v) is 25.2. The van der Waals surface area contributed by atoms with Crippen LogP contribution in [0.15, 0.2) is 73.2 Å². The number of hydrogen-bond donors (Lipinski definition) is 3. The minimum Gasteiger partial charge on any atom is -0.374 e. The Labute approximate surface area is 261 Å². The van der Waals surface area contributed by atoms with Crippen LogP contribution in [0, 0.1) is 5.41 Å². The lowest BCUT2D eigenvalue weighted by molar-refractivity contribution is -0.134. The molecule has 8 rings (SSSR count). The van der Waals surface area contributed by atoms with Gasteiger partial charge in [-0.2, -0.15) is 4.98 Å². The first-order valence-corrected chi connectivity index (χ1v) is 15.8. The molecule has 4 saturated heterocycles. The number of nitrogens with one attached hydrogen (secondary N) is 2. The van der Waals surface area contributed by atoms with E-state index in [0.717, 1.165) is 92.4 Å². The van der Waals surface area contributed by atoms with E-state index in [1.807, 2.05) is 23.4 Å². The number of rotatable bonds is 7. The molecular weight excluding hydrogens is 568 g/mol.